The Labute approximate surface area is 123 Å². The Morgan fingerprint density at radius 2 is 2.24 bits per heavy atom. The van der Waals surface area contributed by atoms with E-state index < -0.39 is 0 Å². The summed E-state index contributed by atoms with van der Waals surface area (Å²) in [4.78, 5) is 15.9. The van der Waals surface area contributed by atoms with Crippen LogP contribution >= 0.6 is 0 Å². The third kappa shape index (κ3) is 4.52. The molecule has 0 saturated heterocycles. The number of nitrogens with zero attached hydrogens (tertiary/aromatic N) is 1. The molecule has 2 rings (SSSR count). The van der Waals surface area contributed by atoms with Crippen LogP contribution in [-0.4, -0.2) is 17.5 Å². The van der Waals surface area contributed by atoms with Crippen molar-refractivity contribution in [3.63, 3.8) is 0 Å². The molecular formula is C15H19N3O3. The summed E-state index contributed by atoms with van der Waals surface area (Å²) in [5.74, 6) is 1.81. The zero-order chi connectivity index (χ0) is 15.2. The monoisotopic (exact) mass is 289 g/mol. The van der Waals surface area contributed by atoms with Crippen LogP contribution in [0.5, 0.6) is 5.75 Å². The van der Waals surface area contributed by atoms with Gasteiger partial charge < -0.3 is 20.2 Å². The summed E-state index contributed by atoms with van der Waals surface area (Å²) < 4.78 is 10.8. The fraction of sp³-hybridized carbons (Fsp3) is 0.333. The number of nitrogens with two attached hydrogens (primary N) is 1. The highest BCUT2D eigenvalue weighted by Crippen LogP contribution is 2.14. The second kappa shape index (κ2) is 6.78. The molecule has 112 valence electrons. The van der Waals surface area contributed by atoms with Crippen LogP contribution in [0.2, 0.25) is 0 Å². The maximum absolute atomic E-state index is 11.7. The number of amides is 1. The minimum absolute atomic E-state index is 0.118. The number of hydrogen-bond donors (Lipinski definition) is 2. The molecule has 3 N–H and O–H groups in total. The first-order chi connectivity index (χ1) is 10.0. The van der Waals surface area contributed by atoms with Crippen LogP contribution in [-0.2, 0) is 11.3 Å². The molecule has 0 aliphatic carbocycles. The third-order valence-electron chi connectivity index (χ3n) is 2.97. The van der Waals surface area contributed by atoms with Crippen molar-refractivity contribution in [3.8, 4) is 5.75 Å². The molecule has 0 fully saturated rings. The van der Waals surface area contributed by atoms with Gasteiger partial charge in [0.15, 0.2) is 0 Å². The maximum atomic E-state index is 11.7. The Bertz CT molecular complexity index is 603. The van der Waals surface area contributed by atoms with Crippen molar-refractivity contribution in [2.24, 2.45) is 0 Å². The van der Waals surface area contributed by atoms with Gasteiger partial charge >= 0.3 is 0 Å². The highest BCUT2D eigenvalue weighted by atomic mass is 16.5. The van der Waals surface area contributed by atoms with E-state index in [1.807, 2.05) is 13.8 Å². The lowest BCUT2D eigenvalue weighted by Crippen LogP contribution is -2.24. The van der Waals surface area contributed by atoms with Crippen LogP contribution in [0.1, 0.15) is 23.8 Å². The quantitative estimate of drug-likeness (QED) is 0.793. The first kappa shape index (κ1) is 14.9. The van der Waals surface area contributed by atoms with Gasteiger partial charge in [0.1, 0.15) is 11.5 Å². The topological polar surface area (TPSA) is 90.4 Å². The number of aromatic nitrogens is 1. The summed E-state index contributed by atoms with van der Waals surface area (Å²) in [5.41, 5.74) is 7.11. The first-order valence-electron chi connectivity index (χ1n) is 6.72. The number of hydrogen-bond acceptors (Lipinski definition) is 5. The van der Waals surface area contributed by atoms with Crippen molar-refractivity contribution >= 4 is 11.6 Å². The predicted octanol–water partition coefficient (Wildman–Crippen LogP) is 1.96. The molecule has 6 nitrogen and oxygen atoms in total. The third-order valence-corrected chi connectivity index (χ3v) is 2.97. The molecule has 21 heavy (non-hydrogen) atoms. The van der Waals surface area contributed by atoms with Crippen molar-refractivity contribution in [3.05, 3.63) is 41.6 Å². The van der Waals surface area contributed by atoms with Crippen molar-refractivity contribution in [2.45, 2.75) is 26.8 Å². The van der Waals surface area contributed by atoms with Gasteiger partial charge in [0, 0.05) is 11.8 Å². The van der Waals surface area contributed by atoms with E-state index in [9.17, 15) is 4.79 Å². The number of nitrogens with one attached hydrogen (secondary N) is 1. The lowest BCUT2D eigenvalue weighted by Gasteiger charge is -2.06. The number of anilines is 1. The molecule has 0 bridgehead atoms. The standard InChI is InChI=1S/C15H19N3O3/c1-10-11(2)21-15(18-10)9-17-14(19)6-7-20-13-5-3-4-12(16)8-13/h3-5,8H,6-7,9,16H2,1-2H3,(H,17,19). The van der Waals surface area contributed by atoms with Crippen molar-refractivity contribution in [1.82, 2.24) is 10.3 Å². The van der Waals surface area contributed by atoms with Crippen molar-refractivity contribution in [1.29, 1.82) is 0 Å². The summed E-state index contributed by atoms with van der Waals surface area (Å²) in [5, 5.41) is 2.74. The van der Waals surface area contributed by atoms with Crippen LogP contribution < -0.4 is 15.8 Å². The average Bonchev–Trinajstić information content (AvgIpc) is 2.76. The molecule has 1 aromatic carbocycles. The molecule has 0 radical (unpaired) electrons. The molecule has 1 amide bonds. The molecule has 0 aliphatic heterocycles. The van der Waals surface area contributed by atoms with E-state index in [1.165, 1.54) is 0 Å². The Kier molecular flexibility index (Phi) is 4.81. The summed E-state index contributed by atoms with van der Waals surface area (Å²) >= 11 is 0. The fourth-order valence-electron chi connectivity index (χ4n) is 1.74. The largest absolute Gasteiger partial charge is 0.493 e. The van der Waals surface area contributed by atoms with E-state index in [2.05, 4.69) is 10.3 Å². The minimum Gasteiger partial charge on any atom is -0.493 e. The highest BCUT2D eigenvalue weighted by Gasteiger charge is 2.07. The Balaban J connectivity index is 1.70. The van der Waals surface area contributed by atoms with Gasteiger partial charge in [-0.05, 0) is 26.0 Å². The van der Waals surface area contributed by atoms with Gasteiger partial charge in [-0.2, -0.15) is 0 Å². The van der Waals surface area contributed by atoms with Gasteiger partial charge in [0.2, 0.25) is 11.8 Å². The van der Waals surface area contributed by atoms with Crippen molar-refractivity contribution < 1.29 is 13.9 Å². The van der Waals surface area contributed by atoms with Gasteiger partial charge in [0.25, 0.3) is 0 Å². The van der Waals surface area contributed by atoms with E-state index in [1.54, 1.807) is 24.3 Å². The number of oxazole rings is 1. The van der Waals surface area contributed by atoms with E-state index in [0.29, 0.717) is 23.9 Å². The van der Waals surface area contributed by atoms with Crippen molar-refractivity contribution in [2.75, 3.05) is 12.3 Å². The summed E-state index contributed by atoms with van der Waals surface area (Å²) in [6.07, 6.45) is 0.257. The molecule has 6 heteroatoms. The van der Waals surface area contributed by atoms with Gasteiger partial charge in [-0.25, -0.2) is 4.98 Å². The lowest BCUT2D eigenvalue weighted by atomic mass is 10.3. The number of nitrogen functional groups attached to an aromatic ring is 1. The van der Waals surface area contributed by atoms with E-state index in [0.717, 1.165) is 11.5 Å². The first-order valence-corrected chi connectivity index (χ1v) is 6.72. The highest BCUT2D eigenvalue weighted by molar-refractivity contribution is 5.75. The second-order valence-corrected chi connectivity index (χ2v) is 4.70. The molecular weight excluding hydrogens is 270 g/mol. The summed E-state index contributed by atoms with van der Waals surface area (Å²) in [6.45, 7) is 4.28. The molecule has 0 aliphatic rings. The second-order valence-electron chi connectivity index (χ2n) is 4.70. The number of aryl methyl sites for hydroxylation is 2. The molecule has 2 aromatic rings. The fourth-order valence-corrected chi connectivity index (χ4v) is 1.74. The SMILES string of the molecule is Cc1nc(CNC(=O)CCOc2cccc(N)c2)oc1C. The minimum atomic E-state index is -0.118. The van der Waals surface area contributed by atoms with Crippen LogP contribution in [0.25, 0.3) is 0 Å². The Hall–Kier alpha value is -2.50. The van der Waals surface area contributed by atoms with Crippen LogP contribution in [0.3, 0.4) is 0 Å². The maximum Gasteiger partial charge on any atom is 0.223 e. The normalized spacial score (nSPS) is 10.4. The Morgan fingerprint density at radius 3 is 2.90 bits per heavy atom. The summed E-state index contributed by atoms with van der Waals surface area (Å²) in [7, 11) is 0. The molecule has 0 unspecified atom stereocenters. The zero-order valence-corrected chi connectivity index (χ0v) is 12.2. The molecule has 0 atom stereocenters. The average molecular weight is 289 g/mol. The van der Waals surface area contributed by atoms with Gasteiger partial charge in [0.05, 0.1) is 25.3 Å². The number of ether oxygens (including phenoxy) is 1. The van der Waals surface area contributed by atoms with E-state index in [-0.39, 0.29) is 18.9 Å². The van der Waals surface area contributed by atoms with Crippen LogP contribution in [0.15, 0.2) is 28.7 Å². The molecule has 1 aromatic heterocycles. The number of carbonyl (C=O) groups is 1. The lowest BCUT2D eigenvalue weighted by molar-refractivity contribution is -0.121. The number of benzene rings is 1. The van der Waals surface area contributed by atoms with Crippen LogP contribution in [0.4, 0.5) is 5.69 Å². The van der Waals surface area contributed by atoms with E-state index >= 15 is 0 Å². The van der Waals surface area contributed by atoms with E-state index in [4.69, 9.17) is 14.9 Å². The zero-order valence-electron chi connectivity index (χ0n) is 12.2. The molecule has 1 heterocycles. The number of carbonyl (C=O) groups excluding carboxylic acids is 1. The summed E-state index contributed by atoms with van der Waals surface area (Å²) in [6, 6.07) is 7.10. The molecule has 0 spiro atoms. The number of rotatable bonds is 6. The smallest absolute Gasteiger partial charge is 0.223 e. The molecule has 0 saturated carbocycles. The van der Waals surface area contributed by atoms with Crippen LogP contribution in [0, 0.1) is 13.8 Å². The Morgan fingerprint density at radius 1 is 1.43 bits per heavy atom. The predicted molar refractivity (Wildman–Crippen MR) is 78.8 cm³/mol. The van der Waals surface area contributed by atoms with Gasteiger partial charge in [-0.1, -0.05) is 6.07 Å². The van der Waals surface area contributed by atoms with Gasteiger partial charge in [-0.15, -0.1) is 0 Å². The van der Waals surface area contributed by atoms with Gasteiger partial charge in [-0.3, -0.25) is 4.79 Å².